The van der Waals surface area contributed by atoms with E-state index in [1.165, 1.54) is 0 Å². The topological polar surface area (TPSA) is 67.4 Å². The van der Waals surface area contributed by atoms with Crippen LogP contribution in [0.4, 0.5) is 5.69 Å². The van der Waals surface area contributed by atoms with Gasteiger partial charge < -0.3 is 15.4 Å². The molecule has 0 fully saturated rings. The lowest BCUT2D eigenvalue weighted by atomic mass is 9.98. The number of ether oxygens (including phenoxy) is 1. The van der Waals surface area contributed by atoms with E-state index in [0.29, 0.717) is 25.0 Å². The summed E-state index contributed by atoms with van der Waals surface area (Å²) in [5.74, 6) is 0.761. The monoisotopic (exact) mass is 322 g/mol. The molecule has 2 aliphatic rings. The van der Waals surface area contributed by atoms with Crippen LogP contribution in [0.15, 0.2) is 42.5 Å². The number of benzene rings is 2. The second-order valence-electron chi connectivity index (χ2n) is 6.12. The molecule has 2 heterocycles. The Labute approximate surface area is 140 Å². The number of anilines is 1. The Morgan fingerprint density at radius 3 is 2.96 bits per heavy atom. The number of para-hydroxylation sites is 1. The number of amides is 2. The number of carbonyl (C=O) groups excluding carboxylic acids is 2. The molecule has 0 radical (unpaired) electrons. The molecule has 0 spiro atoms. The van der Waals surface area contributed by atoms with Crippen LogP contribution in [0, 0.1) is 0 Å². The molecule has 24 heavy (non-hydrogen) atoms. The number of aryl methyl sites for hydroxylation is 1. The van der Waals surface area contributed by atoms with Gasteiger partial charge >= 0.3 is 0 Å². The molecule has 0 saturated heterocycles. The molecule has 0 saturated carbocycles. The van der Waals surface area contributed by atoms with Crippen molar-refractivity contribution < 1.29 is 14.3 Å². The molecule has 2 aromatic rings. The molecular formula is C19H18N2O3. The molecule has 5 heteroatoms. The number of hydrogen-bond acceptors (Lipinski definition) is 3. The Hall–Kier alpha value is -2.82. The zero-order valence-electron chi connectivity index (χ0n) is 13.2. The van der Waals surface area contributed by atoms with Crippen LogP contribution < -0.4 is 15.4 Å². The molecule has 1 unspecified atom stereocenters. The van der Waals surface area contributed by atoms with Crippen molar-refractivity contribution in [1.29, 1.82) is 0 Å². The van der Waals surface area contributed by atoms with Crippen molar-refractivity contribution in [3.63, 3.8) is 0 Å². The van der Waals surface area contributed by atoms with Gasteiger partial charge in [0.15, 0.2) is 0 Å². The van der Waals surface area contributed by atoms with Gasteiger partial charge in [-0.1, -0.05) is 18.2 Å². The SMILES string of the molecule is O=C1CCc2cc(C(=O)NC3CCOc4ccccc43)ccc2N1. The van der Waals surface area contributed by atoms with Crippen LogP contribution in [-0.4, -0.2) is 18.4 Å². The lowest BCUT2D eigenvalue weighted by Crippen LogP contribution is -2.32. The smallest absolute Gasteiger partial charge is 0.251 e. The van der Waals surface area contributed by atoms with Gasteiger partial charge in [0.25, 0.3) is 5.91 Å². The largest absolute Gasteiger partial charge is 0.493 e. The number of nitrogens with one attached hydrogen (secondary N) is 2. The third-order valence-corrected chi connectivity index (χ3v) is 4.53. The first-order valence-electron chi connectivity index (χ1n) is 8.16. The lowest BCUT2D eigenvalue weighted by Gasteiger charge is -2.27. The zero-order chi connectivity index (χ0) is 16.5. The number of hydrogen-bond donors (Lipinski definition) is 2. The van der Waals surface area contributed by atoms with Gasteiger partial charge in [0.1, 0.15) is 5.75 Å². The Morgan fingerprint density at radius 1 is 1.17 bits per heavy atom. The molecule has 122 valence electrons. The maximum absolute atomic E-state index is 12.6. The molecule has 2 N–H and O–H groups in total. The second kappa shape index (κ2) is 6.00. The average Bonchev–Trinajstić information content (AvgIpc) is 2.61. The van der Waals surface area contributed by atoms with Crippen molar-refractivity contribution in [3.05, 3.63) is 59.2 Å². The van der Waals surface area contributed by atoms with E-state index in [1.807, 2.05) is 30.3 Å². The maximum atomic E-state index is 12.6. The van der Waals surface area contributed by atoms with E-state index < -0.39 is 0 Å². The summed E-state index contributed by atoms with van der Waals surface area (Å²) in [5.41, 5.74) is 3.45. The summed E-state index contributed by atoms with van der Waals surface area (Å²) in [7, 11) is 0. The highest BCUT2D eigenvalue weighted by atomic mass is 16.5. The van der Waals surface area contributed by atoms with E-state index >= 15 is 0 Å². The molecule has 0 aromatic heterocycles. The molecule has 5 nitrogen and oxygen atoms in total. The van der Waals surface area contributed by atoms with Crippen molar-refractivity contribution in [2.75, 3.05) is 11.9 Å². The van der Waals surface area contributed by atoms with Gasteiger partial charge in [-0.05, 0) is 36.2 Å². The quantitative estimate of drug-likeness (QED) is 0.893. The number of fused-ring (bicyclic) bond motifs is 2. The standard InChI is InChI=1S/C19H18N2O3/c22-18-8-6-12-11-13(5-7-15(12)20-18)19(23)21-16-9-10-24-17-4-2-1-3-14(16)17/h1-5,7,11,16H,6,8-10H2,(H,20,22)(H,21,23). The molecule has 0 bridgehead atoms. The first kappa shape index (κ1) is 14.8. The van der Waals surface area contributed by atoms with Crippen molar-refractivity contribution in [2.45, 2.75) is 25.3 Å². The zero-order valence-corrected chi connectivity index (χ0v) is 13.2. The molecule has 2 aromatic carbocycles. The van der Waals surface area contributed by atoms with Gasteiger partial charge in [-0.25, -0.2) is 0 Å². The van der Waals surface area contributed by atoms with Crippen LogP contribution in [-0.2, 0) is 11.2 Å². The highest BCUT2D eigenvalue weighted by Gasteiger charge is 2.24. The van der Waals surface area contributed by atoms with Gasteiger partial charge in [0, 0.05) is 29.7 Å². The van der Waals surface area contributed by atoms with E-state index in [0.717, 1.165) is 29.0 Å². The molecular weight excluding hydrogens is 304 g/mol. The van der Waals surface area contributed by atoms with Crippen molar-refractivity contribution in [3.8, 4) is 5.75 Å². The van der Waals surface area contributed by atoms with E-state index in [1.54, 1.807) is 12.1 Å². The molecule has 4 rings (SSSR count). The summed E-state index contributed by atoms with van der Waals surface area (Å²) in [5, 5.41) is 5.93. The van der Waals surface area contributed by atoms with Gasteiger partial charge in [-0.3, -0.25) is 9.59 Å². The van der Waals surface area contributed by atoms with Crippen LogP contribution in [0.2, 0.25) is 0 Å². The van der Waals surface area contributed by atoms with E-state index in [2.05, 4.69) is 10.6 Å². The minimum Gasteiger partial charge on any atom is -0.493 e. The van der Waals surface area contributed by atoms with Crippen LogP contribution in [0.1, 0.15) is 40.4 Å². The molecule has 0 aliphatic carbocycles. The van der Waals surface area contributed by atoms with Crippen LogP contribution in [0.3, 0.4) is 0 Å². The van der Waals surface area contributed by atoms with E-state index in [9.17, 15) is 9.59 Å². The van der Waals surface area contributed by atoms with Gasteiger partial charge in [-0.2, -0.15) is 0 Å². The van der Waals surface area contributed by atoms with Crippen molar-refractivity contribution >= 4 is 17.5 Å². The third kappa shape index (κ3) is 2.73. The normalized spacial score (nSPS) is 18.7. The highest BCUT2D eigenvalue weighted by molar-refractivity contribution is 5.98. The van der Waals surface area contributed by atoms with E-state index in [-0.39, 0.29) is 17.9 Å². The predicted molar refractivity (Wildman–Crippen MR) is 90.2 cm³/mol. The summed E-state index contributed by atoms with van der Waals surface area (Å²) in [6.07, 6.45) is 1.89. The first-order valence-corrected chi connectivity index (χ1v) is 8.16. The Balaban J connectivity index is 1.54. The fourth-order valence-electron chi connectivity index (χ4n) is 3.26. The summed E-state index contributed by atoms with van der Waals surface area (Å²) >= 11 is 0. The van der Waals surface area contributed by atoms with Crippen LogP contribution in [0.25, 0.3) is 0 Å². The summed E-state index contributed by atoms with van der Waals surface area (Å²) < 4.78 is 5.63. The summed E-state index contributed by atoms with van der Waals surface area (Å²) in [6.45, 7) is 0.595. The van der Waals surface area contributed by atoms with Gasteiger partial charge in [0.05, 0.1) is 12.6 Å². The van der Waals surface area contributed by atoms with Crippen LogP contribution in [0.5, 0.6) is 5.75 Å². The summed E-state index contributed by atoms with van der Waals surface area (Å²) in [6, 6.07) is 13.2. The van der Waals surface area contributed by atoms with Crippen LogP contribution >= 0.6 is 0 Å². The maximum Gasteiger partial charge on any atom is 0.251 e. The Kier molecular flexibility index (Phi) is 3.69. The van der Waals surface area contributed by atoms with Gasteiger partial charge in [-0.15, -0.1) is 0 Å². The highest BCUT2D eigenvalue weighted by Crippen LogP contribution is 2.32. The minimum atomic E-state index is -0.101. The van der Waals surface area contributed by atoms with Gasteiger partial charge in [0.2, 0.25) is 5.91 Å². The lowest BCUT2D eigenvalue weighted by molar-refractivity contribution is -0.116. The fraction of sp³-hybridized carbons (Fsp3) is 0.263. The van der Waals surface area contributed by atoms with E-state index in [4.69, 9.17) is 4.74 Å². The van der Waals surface area contributed by atoms with Crippen molar-refractivity contribution in [2.24, 2.45) is 0 Å². The predicted octanol–water partition coefficient (Wildman–Crippen LogP) is 2.82. The molecule has 2 amide bonds. The van der Waals surface area contributed by atoms with Crippen molar-refractivity contribution in [1.82, 2.24) is 5.32 Å². The Morgan fingerprint density at radius 2 is 2.04 bits per heavy atom. The first-order chi connectivity index (χ1) is 11.7. The second-order valence-corrected chi connectivity index (χ2v) is 6.12. The summed E-state index contributed by atoms with van der Waals surface area (Å²) in [4.78, 5) is 24.1. The minimum absolute atomic E-state index is 0.0264. The number of carbonyl (C=O) groups is 2. The number of rotatable bonds is 2. The molecule has 1 atom stereocenters. The average molecular weight is 322 g/mol. The third-order valence-electron chi connectivity index (χ3n) is 4.53. The fourth-order valence-corrected chi connectivity index (χ4v) is 3.26. The molecule has 2 aliphatic heterocycles. The Bertz CT molecular complexity index is 816.